The van der Waals surface area contributed by atoms with E-state index in [1.807, 2.05) is 48.5 Å². The lowest BCUT2D eigenvalue weighted by Gasteiger charge is -2.15. The Balaban J connectivity index is 0.000000164. The summed E-state index contributed by atoms with van der Waals surface area (Å²) in [6.07, 6.45) is 10.5. The fourth-order valence-corrected chi connectivity index (χ4v) is 6.25. The first-order chi connectivity index (χ1) is 28.9. The number of anilines is 5. The fourth-order valence-electron chi connectivity index (χ4n) is 6.11. The van der Waals surface area contributed by atoms with Crippen LogP contribution in [0.5, 0.6) is 11.5 Å². The van der Waals surface area contributed by atoms with E-state index in [9.17, 15) is 8.78 Å². The normalized spacial score (nSPS) is 13.8. The van der Waals surface area contributed by atoms with Crippen LogP contribution in [-0.2, 0) is 13.1 Å². The molecule has 0 radical (unpaired) electrons. The number of ether oxygens (including phenoxy) is 2. The molecule has 5 N–H and O–H groups in total. The molecule has 2 fully saturated rings. The Labute approximate surface area is 347 Å². The van der Waals surface area contributed by atoms with Crippen LogP contribution in [0, 0.1) is 11.6 Å². The molecular weight excluding hydrogens is 782 g/mol. The topological polar surface area (TPSA) is 165 Å². The number of nitrogens with one attached hydrogen (secondary N) is 3. The third-order valence-electron chi connectivity index (χ3n) is 9.22. The van der Waals surface area contributed by atoms with Gasteiger partial charge in [-0.1, -0.05) is 0 Å². The number of likely N-dealkylation sites (tertiary alicyclic amines) is 2. The molecule has 14 nitrogen and oxygen atoms in total. The summed E-state index contributed by atoms with van der Waals surface area (Å²) in [5.74, 6) is 2.50. The van der Waals surface area contributed by atoms with Crippen molar-refractivity contribution in [1.29, 1.82) is 0 Å². The van der Waals surface area contributed by atoms with E-state index in [-0.39, 0.29) is 16.9 Å². The Morgan fingerprint density at radius 2 is 1.15 bits per heavy atom. The lowest BCUT2D eigenvalue weighted by atomic mass is 10.3. The molecule has 8 rings (SSSR count). The van der Waals surface area contributed by atoms with Crippen molar-refractivity contribution in [3.05, 3.63) is 126 Å². The maximum absolute atomic E-state index is 14.0. The van der Waals surface area contributed by atoms with E-state index in [4.69, 9.17) is 35.6 Å². The van der Waals surface area contributed by atoms with E-state index < -0.39 is 11.6 Å². The third kappa shape index (κ3) is 14.7. The first-order valence-corrected chi connectivity index (χ1v) is 19.9. The van der Waals surface area contributed by atoms with Crippen LogP contribution in [-0.4, -0.2) is 82.2 Å². The summed E-state index contributed by atoms with van der Waals surface area (Å²) >= 11 is 5.53. The van der Waals surface area contributed by atoms with Crippen molar-refractivity contribution < 1.29 is 27.1 Å². The smallest absolute Gasteiger partial charge is 0.229 e. The number of nitrogen functional groups attached to an aromatic ring is 1. The maximum atomic E-state index is 14.0. The van der Waals surface area contributed by atoms with Crippen molar-refractivity contribution in [3.8, 4) is 11.5 Å². The number of rotatable bonds is 16. The van der Waals surface area contributed by atoms with Crippen LogP contribution >= 0.6 is 11.6 Å². The van der Waals surface area contributed by atoms with Crippen LogP contribution in [0.1, 0.15) is 37.2 Å². The highest BCUT2D eigenvalue weighted by Gasteiger charge is 2.13. The molecule has 2 aliphatic rings. The molecule has 0 saturated carbocycles. The molecular formula is C42H49ClF2N10O4. The molecule has 59 heavy (non-hydrogen) atoms. The minimum absolute atomic E-state index is 0.00153. The summed E-state index contributed by atoms with van der Waals surface area (Å²) in [6.45, 7) is 8.91. The fraction of sp³-hybridized carbons (Fsp3) is 0.333. The number of nitrogens with zero attached hydrogens (tertiary/aromatic N) is 6. The van der Waals surface area contributed by atoms with Gasteiger partial charge in [0, 0.05) is 24.5 Å². The number of hydrogen-bond donors (Lipinski definition) is 4. The van der Waals surface area contributed by atoms with Gasteiger partial charge in [0.15, 0.2) is 23.3 Å². The van der Waals surface area contributed by atoms with Crippen LogP contribution in [0.3, 0.4) is 0 Å². The second-order valence-electron chi connectivity index (χ2n) is 13.6. The Kier molecular flexibility index (Phi) is 16.5. The van der Waals surface area contributed by atoms with Gasteiger partial charge in [-0.05, 0) is 136 Å². The second kappa shape index (κ2) is 22.8. The first kappa shape index (κ1) is 42.6. The minimum atomic E-state index is -0.550. The lowest BCUT2D eigenvalue weighted by molar-refractivity contribution is 0.237. The largest absolute Gasteiger partial charge is 0.492 e. The highest BCUT2D eigenvalue weighted by Crippen LogP contribution is 2.21. The summed E-state index contributed by atoms with van der Waals surface area (Å²) < 4.78 is 48.8. The van der Waals surface area contributed by atoms with Crippen LogP contribution in [0.25, 0.3) is 0 Å². The molecule has 312 valence electrons. The predicted molar refractivity (Wildman–Crippen MR) is 224 cm³/mol. The minimum Gasteiger partial charge on any atom is -0.492 e. The lowest BCUT2D eigenvalue weighted by Crippen LogP contribution is -2.25. The average Bonchev–Trinajstić information content (AvgIpc) is 4.11. The van der Waals surface area contributed by atoms with Gasteiger partial charge in [0.1, 0.15) is 36.2 Å². The molecule has 0 amide bonds. The van der Waals surface area contributed by atoms with E-state index in [1.165, 1.54) is 51.9 Å². The van der Waals surface area contributed by atoms with E-state index in [2.05, 4.69) is 45.7 Å². The van der Waals surface area contributed by atoms with Gasteiger partial charge in [-0.15, -0.1) is 0 Å². The Bertz CT molecular complexity index is 2080. The van der Waals surface area contributed by atoms with Gasteiger partial charge in [-0.25, -0.2) is 18.7 Å². The highest BCUT2D eigenvalue weighted by molar-refractivity contribution is 6.28. The van der Waals surface area contributed by atoms with Crippen molar-refractivity contribution in [2.24, 2.45) is 0 Å². The second-order valence-corrected chi connectivity index (χ2v) is 13.9. The molecule has 0 unspecified atom stereocenters. The zero-order valence-electron chi connectivity index (χ0n) is 32.7. The van der Waals surface area contributed by atoms with Gasteiger partial charge in [0.25, 0.3) is 0 Å². The number of benzene rings is 2. The van der Waals surface area contributed by atoms with Crippen molar-refractivity contribution in [2.45, 2.75) is 38.8 Å². The number of furan rings is 2. The van der Waals surface area contributed by atoms with Crippen LogP contribution in [0.2, 0.25) is 5.28 Å². The Morgan fingerprint density at radius 3 is 1.66 bits per heavy atom. The van der Waals surface area contributed by atoms with Gasteiger partial charge in [0.2, 0.25) is 11.2 Å². The summed E-state index contributed by atoms with van der Waals surface area (Å²) in [7, 11) is 0. The van der Waals surface area contributed by atoms with Gasteiger partial charge in [-0.2, -0.15) is 9.97 Å². The monoisotopic (exact) mass is 830 g/mol. The van der Waals surface area contributed by atoms with E-state index >= 15 is 0 Å². The molecule has 17 heteroatoms. The van der Waals surface area contributed by atoms with Crippen molar-refractivity contribution in [2.75, 3.05) is 74.2 Å². The summed E-state index contributed by atoms with van der Waals surface area (Å²) in [5.41, 5.74) is 7.16. The zero-order valence-corrected chi connectivity index (χ0v) is 33.4. The molecule has 0 bridgehead atoms. The van der Waals surface area contributed by atoms with Crippen LogP contribution < -0.4 is 31.2 Å². The molecule has 2 aliphatic heterocycles. The molecule has 6 aromatic rings. The average molecular weight is 831 g/mol. The van der Waals surface area contributed by atoms with E-state index in [1.54, 1.807) is 36.8 Å². The van der Waals surface area contributed by atoms with Crippen LogP contribution in [0.4, 0.5) is 37.7 Å². The maximum Gasteiger partial charge on any atom is 0.229 e. The molecule has 0 atom stereocenters. The summed E-state index contributed by atoms with van der Waals surface area (Å²) in [5, 5.41) is 8.74. The number of hydrogen-bond acceptors (Lipinski definition) is 14. The first-order valence-electron chi connectivity index (χ1n) is 19.5. The van der Waals surface area contributed by atoms with Gasteiger partial charge < -0.3 is 40.0 Å². The predicted octanol–water partition coefficient (Wildman–Crippen LogP) is 8.26. The van der Waals surface area contributed by atoms with Gasteiger partial charge in [0.05, 0.1) is 38.0 Å². The van der Waals surface area contributed by atoms with Gasteiger partial charge >= 0.3 is 0 Å². The number of nitrogens with two attached hydrogens (primary N) is 1. The van der Waals surface area contributed by atoms with Crippen LogP contribution in [0.15, 0.2) is 107 Å². The SMILES string of the molecule is Fc1cnc(Cl)nc1NCc1ccco1.Fc1cnc(Nc2ccc(OCCN3CCCC3)cc2)nc1NCc1ccco1.Nc1ccc(OCCN2CCCC2)cc1. The standard InChI is InChI=1S/C21H24FN5O2.C12H18N2O.C9H7ClFN3O/c22-19-15-24-21(26-20(19)23-14-18-4-3-12-28-18)25-16-5-7-17(8-6-16)29-13-11-27-9-1-2-10-27;13-11-3-5-12(6-4-11)15-10-9-14-7-1-2-8-14;10-9-13-5-7(11)8(14-9)12-4-6-2-1-3-15-6/h3-8,12,15H,1-2,9-11,13-14H2,(H2,23,24,25,26);3-6H,1-2,7-10,13H2;1-3,5H,4H2,(H,12,13,14). The molecule has 2 aromatic carbocycles. The van der Waals surface area contributed by atoms with Crippen molar-refractivity contribution in [1.82, 2.24) is 29.7 Å². The molecule has 0 spiro atoms. The number of aromatic nitrogens is 4. The van der Waals surface area contributed by atoms with Crippen molar-refractivity contribution >= 4 is 40.6 Å². The molecule has 6 heterocycles. The zero-order chi connectivity index (χ0) is 41.1. The van der Waals surface area contributed by atoms with E-state index in [0.717, 1.165) is 55.0 Å². The third-order valence-corrected chi connectivity index (χ3v) is 9.40. The van der Waals surface area contributed by atoms with Crippen molar-refractivity contribution in [3.63, 3.8) is 0 Å². The highest BCUT2D eigenvalue weighted by atomic mass is 35.5. The van der Waals surface area contributed by atoms with E-state index in [0.29, 0.717) is 37.2 Å². The van der Waals surface area contributed by atoms with Gasteiger partial charge in [-0.3, -0.25) is 9.80 Å². The number of halogens is 3. The Hall–Kier alpha value is -5.97. The molecule has 4 aromatic heterocycles. The Morgan fingerprint density at radius 1 is 0.661 bits per heavy atom. The molecule has 0 aliphatic carbocycles. The summed E-state index contributed by atoms with van der Waals surface area (Å²) in [6, 6.07) is 22.2. The quantitative estimate of drug-likeness (QED) is 0.0544. The summed E-state index contributed by atoms with van der Waals surface area (Å²) in [4.78, 5) is 20.3. The molecule has 2 saturated heterocycles.